The molecule has 1 aliphatic rings. The summed E-state index contributed by atoms with van der Waals surface area (Å²) in [5, 5.41) is 7.90. The van der Waals surface area contributed by atoms with Gasteiger partial charge in [-0.05, 0) is 48.9 Å². The largest absolute Gasteiger partial charge is 0.497 e. The van der Waals surface area contributed by atoms with E-state index in [0.717, 1.165) is 29.1 Å². The molecule has 1 aromatic heterocycles. The van der Waals surface area contributed by atoms with E-state index in [1.165, 1.54) is 17.4 Å². The first-order valence-corrected chi connectivity index (χ1v) is 10.2. The van der Waals surface area contributed by atoms with Gasteiger partial charge in [0.2, 0.25) is 0 Å². The van der Waals surface area contributed by atoms with Crippen LogP contribution in [-0.4, -0.2) is 18.1 Å². The molecule has 0 saturated carbocycles. The molecule has 0 fully saturated rings. The molecule has 1 atom stereocenters. The molecule has 9 heteroatoms. The number of carbonyl (C=O) groups excluding carboxylic acids is 1. The van der Waals surface area contributed by atoms with Crippen molar-refractivity contribution < 1.29 is 22.7 Å². The lowest BCUT2D eigenvalue weighted by molar-refractivity contribution is -0.137. The highest BCUT2D eigenvalue weighted by Crippen LogP contribution is 2.39. The lowest BCUT2D eigenvalue weighted by Gasteiger charge is -2.28. The number of benzene rings is 2. The molecule has 3 aromatic rings. The Morgan fingerprint density at radius 1 is 1.13 bits per heavy atom. The third kappa shape index (κ3) is 4.27. The lowest BCUT2D eigenvalue weighted by Crippen LogP contribution is -2.42. The van der Waals surface area contributed by atoms with Crippen LogP contribution in [0.2, 0.25) is 0 Å². The topological polar surface area (TPSA) is 63.2 Å². The molecule has 0 aliphatic carbocycles. The average molecular weight is 445 g/mol. The Kier molecular flexibility index (Phi) is 5.45. The van der Waals surface area contributed by atoms with Crippen molar-refractivity contribution in [3.05, 3.63) is 75.7 Å². The van der Waals surface area contributed by atoms with Crippen LogP contribution in [0.5, 0.6) is 5.75 Å². The van der Waals surface area contributed by atoms with E-state index < -0.39 is 23.8 Å². The second kappa shape index (κ2) is 8.07. The van der Waals surface area contributed by atoms with Crippen molar-refractivity contribution in [1.29, 1.82) is 0 Å². The van der Waals surface area contributed by atoms with Crippen molar-refractivity contribution in [2.24, 2.45) is 0 Å². The molecule has 2 heterocycles. The van der Waals surface area contributed by atoms with Crippen LogP contribution in [0.15, 0.2) is 59.6 Å². The van der Waals surface area contributed by atoms with Gasteiger partial charge in [-0.25, -0.2) is 9.78 Å². The third-order valence-electron chi connectivity index (χ3n) is 4.94. The minimum Gasteiger partial charge on any atom is -0.497 e. The van der Waals surface area contributed by atoms with Crippen molar-refractivity contribution in [3.63, 3.8) is 0 Å². The number of alkyl halides is 3. The number of urea groups is 1. The van der Waals surface area contributed by atoms with Crippen LogP contribution in [0.25, 0.3) is 16.8 Å². The summed E-state index contributed by atoms with van der Waals surface area (Å²) in [6.07, 6.45) is -4.48. The van der Waals surface area contributed by atoms with Crippen LogP contribution in [0.3, 0.4) is 0 Å². The number of nitrogens with zero attached hydrogens (tertiary/aromatic N) is 1. The van der Waals surface area contributed by atoms with Gasteiger partial charge >= 0.3 is 12.2 Å². The van der Waals surface area contributed by atoms with Gasteiger partial charge in [-0.15, -0.1) is 11.3 Å². The maximum Gasteiger partial charge on any atom is 0.416 e. The van der Waals surface area contributed by atoms with E-state index in [9.17, 15) is 18.0 Å². The Balaban J connectivity index is 1.74. The van der Waals surface area contributed by atoms with Crippen LogP contribution in [-0.2, 0) is 6.18 Å². The number of amides is 2. The SMILES string of the molecule is COc1ccc(-c2csc(C3=C(C)NC(=O)NC3c3cccc(C(F)(F)F)c3)n2)cc1. The molecule has 0 bridgehead atoms. The fourth-order valence-electron chi connectivity index (χ4n) is 3.41. The van der Waals surface area contributed by atoms with Crippen LogP contribution >= 0.6 is 11.3 Å². The Bertz CT molecular complexity index is 1150. The summed E-state index contributed by atoms with van der Waals surface area (Å²) in [6, 6.07) is 11.1. The summed E-state index contributed by atoms with van der Waals surface area (Å²) < 4.78 is 44.8. The highest BCUT2D eigenvalue weighted by Gasteiger charge is 2.34. The fourth-order valence-corrected chi connectivity index (χ4v) is 4.37. The molecule has 1 aliphatic heterocycles. The number of hydrogen-bond donors (Lipinski definition) is 2. The van der Waals surface area contributed by atoms with Crippen LogP contribution < -0.4 is 15.4 Å². The monoisotopic (exact) mass is 445 g/mol. The van der Waals surface area contributed by atoms with Gasteiger partial charge in [0, 0.05) is 22.2 Å². The average Bonchev–Trinajstić information content (AvgIpc) is 3.22. The van der Waals surface area contributed by atoms with Gasteiger partial charge in [0.25, 0.3) is 0 Å². The summed E-state index contributed by atoms with van der Waals surface area (Å²) in [4.78, 5) is 16.8. The van der Waals surface area contributed by atoms with Gasteiger partial charge in [0.05, 0.1) is 24.4 Å². The molecular formula is C22H18F3N3O2S. The van der Waals surface area contributed by atoms with Gasteiger partial charge in [-0.3, -0.25) is 0 Å². The molecule has 0 radical (unpaired) electrons. The van der Waals surface area contributed by atoms with Crippen LogP contribution in [0.1, 0.15) is 29.1 Å². The normalized spacial score (nSPS) is 16.7. The van der Waals surface area contributed by atoms with Crippen molar-refractivity contribution in [1.82, 2.24) is 15.6 Å². The van der Waals surface area contributed by atoms with Crippen molar-refractivity contribution in [2.45, 2.75) is 19.1 Å². The number of allylic oxidation sites excluding steroid dienone is 1. The predicted octanol–water partition coefficient (Wildman–Crippen LogP) is 5.62. The molecule has 0 saturated heterocycles. The maximum absolute atomic E-state index is 13.2. The van der Waals surface area contributed by atoms with Gasteiger partial charge in [-0.1, -0.05) is 12.1 Å². The highest BCUT2D eigenvalue weighted by atomic mass is 32.1. The second-order valence-corrected chi connectivity index (χ2v) is 7.82. The summed E-state index contributed by atoms with van der Waals surface area (Å²) in [7, 11) is 1.59. The first-order valence-electron chi connectivity index (χ1n) is 9.32. The van der Waals surface area contributed by atoms with Crippen molar-refractivity contribution in [2.75, 3.05) is 7.11 Å². The lowest BCUT2D eigenvalue weighted by atomic mass is 9.94. The van der Waals surface area contributed by atoms with Gasteiger partial charge < -0.3 is 15.4 Å². The Hall–Kier alpha value is -3.33. The van der Waals surface area contributed by atoms with E-state index in [-0.39, 0.29) is 0 Å². The minimum atomic E-state index is -4.48. The van der Waals surface area contributed by atoms with Crippen LogP contribution in [0, 0.1) is 0 Å². The molecule has 5 nitrogen and oxygen atoms in total. The fraction of sp³-hybridized carbons (Fsp3) is 0.182. The van der Waals surface area contributed by atoms with E-state index in [0.29, 0.717) is 21.8 Å². The maximum atomic E-state index is 13.2. The molecule has 0 spiro atoms. The van der Waals surface area contributed by atoms with E-state index >= 15 is 0 Å². The number of aromatic nitrogens is 1. The number of hydrogen-bond acceptors (Lipinski definition) is 4. The van der Waals surface area contributed by atoms with Crippen molar-refractivity contribution >= 4 is 22.9 Å². The molecule has 2 amide bonds. The quantitative estimate of drug-likeness (QED) is 0.548. The van der Waals surface area contributed by atoms with Gasteiger partial charge in [-0.2, -0.15) is 13.2 Å². The highest BCUT2D eigenvalue weighted by molar-refractivity contribution is 7.11. The zero-order chi connectivity index (χ0) is 22.2. The number of rotatable bonds is 4. The number of nitrogens with one attached hydrogen (secondary N) is 2. The summed E-state index contributed by atoms with van der Waals surface area (Å²) in [6.45, 7) is 1.71. The summed E-state index contributed by atoms with van der Waals surface area (Å²) >= 11 is 1.36. The standard InChI is InChI=1S/C22H18F3N3O2S/c1-12-18(20-27-17(11-31-20)13-6-8-16(30-2)9-7-13)19(28-21(29)26-12)14-4-3-5-15(10-14)22(23,24)25/h3-11,19H,1-2H3,(H2,26,28,29). The molecule has 2 N–H and O–H groups in total. The predicted molar refractivity (Wildman–Crippen MR) is 113 cm³/mol. The van der Waals surface area contributed by atoms with E-state index in [1.54, 1.807) is 20.1 Å². The molecule has 4 rings (SSSR count). The first-order chi connectivity index (χ1) is 14.8. The molecule has 2 aromatic carbocycles. The van der Waals surface area contributed by atoms with Crippen LogP contribution in [0.4, 0.5) is 18.0 Å². The minimum absolute atomic E-state index is 0.334. The molecule has 31 heavy (non-hydrogen) atoms. The third-order valence-corrected chi connectivity index (χ3v) is 5.81. The summed E-state index contributed by atoms with van der Waals surface area (Å²) in [5.74, 6) is 0.724. The smallest absolute Gasteiger partial charge is 0.416 e. The number of thiazole rings is 1. The number of carbonyl (C=O) groups is 1. The van der Waals surface area contributed by atoms with Crippen molar-refractivity contribution in [3.8, 4) is 17.0 Å². The second-order valence-electron chi connectivity index (χ2n) is 6.96. The first kappa shape index (κ1) is 20.9. The number of ether oxygens (including phenoxy) is 1. The molecule has 160 valence electrons. The van der Waals surface area contributed by atoms with E-state index in [4.69, 9.17) is 4.74 Å². The Labute approximate surface area is 180 Å². The number of halogens is 3. The van der Waals surface area contributed by atoms with Gasteiger partial charge in [0.15, 0.2) is 0 Å². The van der Waals surface area contributed by atoms with E-state index in [1.807, 2.05) is 29.6 Å². The molecular weight excluding hydrogens is 427 g/mol. The number of methoxy groups -OCH3 is 1. The van der Waals surface area contributed by atoms with E-state index in [2.05, 4.69) is 15.6 Å². The summed E-state index contributed by atoms with van der Waals surface area (Å²) in [5.41, 5.74) is 2.34. The zero-order valence-electron chi connectivity index (χ0n) is 16.6. The Morgan fingerprint density at radius 3 is 2.55 bits per heavy atom. The Morgan fingerprint density at radius 2 is 1.87 bits per heavy atom. The molecule has 1 unspecified atom stereocenters. The zero-order valence-corrected chi connectivity index (χ0v) is 17.4. The van der Waals surface area contributed by atoms with Gasteiger partial charge in [0.1, 0.15) is 10.8 Å².